The Hall–Kier alpha value is -1.42. The van der Waals surface area contributed by atoms with Gasteiger partial charge in [0.05, 0.1) is 5.56 Å². The molecule has 15 heavy (non-hydrogen) atoms. The number of aromatic hydroxyl groups is 1. The molecule has 0 spiro atoms. The van der Waals surface area contributed by atoms with Gasteiger partial charge in [-0.3, -0.25) is 0 Å². The fourth-order valence-corrected chi connectivity index (χ4v) is 1.70. The van der Waals surface area contributed by atoms with E-state index in [4.69, 9.17) is 0 Å². The topological polar surface area (TPSA) is 32.3 Å². The predicted molar refractivity (Wildman–Crippen MR) is 53.5 cm³/mol. The molecule has 0 amide bonds. The highest BCUT2D eigenvalue weighted by Crippen LogP contribution is 2.31. The first-order valence-corrected chi connectivity index (χ1v) is 4.77. The van der Waals surface area contributed by atoms with Gasteiger partial charge in [0.2, 0.25) is 0 Å². The normalized spacial score (nSPS) is 16.3. The summed E-state index contributed by atoms with van der Waals surface area (Å²) in [6.07, 6.45) is 2.36. The fraction of sp³-hybridized carbons (Fsp3) is 0.273. The number of rotatable bonds is 1. The quantitative estimate of drug-likeness (QED) is 0.745. The molecule has 4 heteroatoms. The lowest BCUT2D eigenvalue weighted by atomic mass is 9.98. The number of hydrogen-bond acceptors (Lipinski definition) is 2. The van der Waals surface area contributed by atoms with E-state index in [1.165, 1.54) is 6.07 Å². The maximum absolute atomic E-state index is 13.5. The smallest absolute Gasteiger partial charge is 0.170 e. The summed E-state index contributed by atoms with van der Waals surface area (Å²) in [6.45, 7) is 1.33. The second-order valence-electron chi connectivity index (χ2n) is 3.44. The van der Waals surface area contributed by atoms with E-state index < -0.39 is 11.6 Å². The van der Waals surface area contributed by atoms with E-state index in [9.17, 15) is 13.9 Å². The van der Waals surface area contributed by atoms with Gasteiger partial charge in [0.15, 0.2) is 11.6 Å². The first-order chi connectivity index (χ1) is 7.20. The molecule has 0 radical (unpaired) electrons. The van der Waals surface area contributed by atoms with Crippen LogP contribution in [0.3, 0.4) is 0 Å². The van der Waals surface area contributed by atoms with Gasteiger partial charge in [-0.2, -0.15) is 0 Å². The highest BCUT2D eigenvalue weighted by molar-refractivity contribution is 5.71. The Balaban J connectivity index is 2.50. The zero-order chi connectivity index (χ0) is 10.8. The van der Waals surface area contributed by atoms with Crippen LogP contribution in [0.5, 0.6) is 5.75 Å². The molecule has 1 aromatic rings. The number of benzene rings is 1. The van der Waals surface area contributed by atoms with Gasteiger partial charge < -0.3 is 10.4 Å². The second kappa shape index (κ2) is 3.98. The first-order valence-electron chi connectivity index (χ1n) is 4.77. The van der Waals surface area contributed by atoms with Crippen LogP contribution in [0.15, 0.2) is 18.2 Å². The van der Waals surface area contributed by atoms with Crippen molar-refractivity contribution in [3.8, 4) is 5.75 Å². The summed E-state index contributed by atoms with van der Waals surface area (Å²) in [5.41, 5.74) is 0.653. The van der Waals surface area contributed by atoms with Crippen molar-refractivity contribution >= 4 is 5.57 Å². The van der Waals surface area contributed by atoms with E-state index in [0.29, 0.717) is 25.1 Å². The molecule has 0 aromatic heterocycles. The zero-order valence-electron chi connectivity index (χ0n) is 8.06. The molecule has 1 aliphatic rings. The largest absolute Gasteiger partial charge is 0.507 e. The van der Waals surface area contributed by atoms with Gasteiger partial charge in [0, 0.05) is 6.54 Å². The molecule has 0 saturated carbocycles. The van der Waals surface area contributed by atoms with Crippen LogP contribution in [0.25, 0.3) is 5.57 Å². The molecule has 0 saturated heterocycles. The van der Waals surface area contributed by atoms with E-state index in [0.717, 1.165) is 6.07 Å². The third kappa shape index (κ3) is 1.85. The Morgan fingerprint density at radius 3 is 2.73 bits per heavy atom. The van der Waals surface area contributed by atoms with Gasteiger partial charge >= 0.3 is 0 Å². The van der Waals surface area contributed by atoms with Crippen LogP contribution < -0.4 is 5.32 Å². The lowest BCUT2D eigenvalue weighted by Gasteiger charge is -2.16. The Kier molecular flexibility index (Phi) is 2.68. The van der Waals surface area contributed by atoms with Crippen molar-refractivity contribution in [3.63, 3.8) is 0 Å². The molecule has 2 nitrogen and oxygen atoms in total. The molecule has 1 heterocycles. The molecule has 0 aliphatic carbocycles. The van der Waals surface area contributed by atoms with Crippen molar-refractivity contribution < 1.29 is 13.9 Å². The summed E-state index contributed by atoms with van der Waals surface area (Å²) in [5.74, 6) is -2.10. The fourth-order valence-electron chi connectivity index (χ4n) is 1.70. The number of phenols is 1. The van der Waals surface area contributed by atoms with Crippen LogP contribution in [-0.2, 0) is 0 Å². The van der Waals surface area contributed by atoms with Gasteiger partial charge in [-0.25, -0.2) is 8.78 Å². The molecule has 1 aliphatic heterocycles. The van der Waals surface area contributed by atoms with E-state index in [2.05, 4.69) is 5.32 Å². The molecule has 0 unspecified atom stereocenters. The number of hydrogen-bond donors (Lipinski definition) is 2. The van der Waals surface area contributed by atoms with Crippen molar-refractivity contribution in [3.05, 3.63) is 35.4 Å². The van der Waals surface area contributed by atoms with Gasteiger partial charge in [-0.05, 0) is 30.7 Å². The third-order valence-corrected chi connectivity index (χ3v) is 2.46. The molecular weight excluding hydrogens is 200 g/mol. The van der Waals surface area contributed by atoms with Crippen molar-refractivity contribution in [2.75, 3.05) is 13.1 Å². The maximum Gasteiger partial charge on any atom is 0.170 e. The van der Waals surface area contributed by atoms with Crippen LogP contribution in [0, 0.1) is 11.6 Å². The molecule has 0 atom stereocenters. The van der Waals surface area contributed by atoms with Crippen LogP contribution in [-0.4, -0.2) is 18.2 Å². The Morgan fingerprint density at radius 1 is 1.27 bits per heavy atom. The molecule has 80 valence electrons. The molecular formula is C11H11F2NO. The minimum absolute atomic E-state index is 0.00324. The SMILES string of the molecule is Oc1ccc(F)c(F)c1C1=CCNCC1. The number of phenolic OH excluding ortho intramolecular Hbond substituents is 1. The van der Waals surface area contributed by atoms with Crippen molar-refractivity contribution in [1.82, 2.24) is 5.32 Å². The van der Waals surface area contributed by atoms with Crippen molar-refractivity contribution in [2.24, 2.45) is 0 Å². The Labute approximate surface area is 86.2 Å². The first kappa shape index (κ1) is 10.1. The van der Waals surface area contributed by atoms with E-state index in [1.807, 2.05) is 0 Å². The van der Waals surface area contributed by atoms with E-state index >= 15 is 0 Å². The van der Waals surface area contributed by atoms with Crippen LogP contribution in [0.2, 0.25) is 0 Å². The average Bonchev–Trinajstić information content (AvgIpc) is 2.26. The van der Waals surface area contributed by atoms with Gasteiger partial charge in [0.25, 0.3) is 0 Å². The second-order valence-corrected chi connectivity index (χ2v) is 3.44. The standard InChI is InChI=1S/C11H11F2NO/c12-8-1-2-9(15)10(11(8)13)7-3-5-14-6-4-7/h1-3,14-15H,4-6H2. The highest BCUT2D eigenvalue weighted by Gasteiger charge is 2.17. The number of halogens is 2. The number of nitrogens with one attached hydrogen (secondary N) is 1. The van der Waals surface area contributed by atoms with Crippen LogP contribution in [0.4, 0.5) is 8.78 Å². The lowest BCUT2D eigenvalue weighted by Crippen LogP contribution is -2.20. The van der Waals surface area contributed by atoms with E-state index in [-0.39, 0.29) is 11.3 Å². The van der Waals surface area contributed by atoms with Gasteiger partial charge in [0.1, 0.15) is 5.75 Å². The molecule has 0 fully saturated rings. The average molecular weight is 211 g/mol. The summed E-state index contributed by atoms with van der Waals surface area (Å²) in [6, 6.07) is 2.10. The Bertz CT molecular complexity index is 415. The monoisotopic (exact) mass is 211 g/mol. The summed E-state index contributed by atoms with van der Waals surface area (Å²) in [4.78, 5) is 0. The van der Waals surface area contributed by atoms with Crippen LogP contribution >= 0.6 is 0 Å². The van der Waals surface area contributed by atoms with Gasteiger partial charge in [-0.15, -0.1) is 0 Å². The molecule has 2 N–H and O–H groups in total. The minimum atomic E-state index is -0.969. The van der Waals surface area contributed by atoms with Crippen molar-refractivity contribution in [1.29, 1.82) is 0 Å². The predicted octanol–water partition coefficient (Wildman–Crippen LogP) is 2.05. The molecule has 1 aromatic carbocycles. The summed E-state index contributed by atoms with van der Waals surface area (Å²) in [7, 11) is 0. The van der Waals surface area contributed by atoms with Crippen molar-refractivity contribution in [2.45, 2.75) is 6.42 Å². The van der Waals surface area contributed by atoms with E-state index in [1.54, 1.807) is 6.08 Å². The van der Waals surface area contributed by atoms with Gasteiger partial charge in [-0.1, -0.05) is 6.08 Å². The lowest BCUT2D eigenvalue weighted by molar-refractivity contribution is 0.450. The Morgan fingerprint density at radius 2 is 2.07 bits per heavy atom. The third-order valence-electron chi connectivity index (χ3n) is 2.46. The minimum Gasteiger partial charge on any atom is -0.507 e. The highest BCUT2D eigenvalue weighted by atomic mass is 19.2. The van der Waals surface area contributed by atoms with Crippen LogP contribution in [0.1, 0.15) is 12.0 Å². The maximum atomic E-state index is 13.5. The summed E-state index contributed by atoms with van der Waals surface area (Å²) < 4.78 is 26.4. The molecule has 0 bridgehead atoms. The summed E-state index contributed by atoms with van der Waals surface area (Å²) >= 11 is 0. The molecule has 2 rings (SSSR count). The summed E-state index contributed by atoms with van der Waals surface area (Å²) in [5, 5.41) is 12.6. The zero-order valence-corrected chi connectivity index (χ0v) is 8.06.